The molecule has 4 aliphatic rings. The second-order valence-electron chi connectivity index (χ2n) is 8.70. The van der Waals surface area contributed by atoms with E-state index in [1.54, 1.807) is 0 Å². The van der Waals surface area contributed by atoms with Gasteiger partial charge in [0.15, 0.2) is 0 Å². The van der Waals surface area contributed by atoms with Crippen molar-refractivity contribution < 1.29 is 19.5 Å². The van der Waals surface area contributed by atoms with E-state index in [1.165, 1.54) is 32.1 Å². The van der Waals surface area contributed by atoms with Gasteiger partial charge in [-0.1, -0.05) is 19.3 Å². The molecule has 28 heavy (non-hydrogen) atoms. The summed E-state index contributed by atoms with van der Waals surface area (Å²) in [5.41, 5.74) is 0. The van der Waals surface area contributed by atoms with Gasteiger partial charge in [-0.3, -0.25) is 14.4 Å². The maximum absolute atomic E-state index is 13.1. The predicted molar refractivity (Wildman–Crippen MR) is 106 cm³/mol. The molecule has 7 nitrogen and oxygen atoms in total. The second kappa shape index (κ2) is 9.72. The summed E-state index contributed by atoms with van der Waals surface area (Å²) < 4.78 is 0. The van der Waals surface area contributed by atoms with Crippen LogP contribution in [-0.4, -0.2) is 82.4 Å². The number of carbonyl (C=O) groups excluding carboxylic acids is 2. The molecule has 2 amide bonds. The Bertz CT molecular complexity index is 556. The molecule has 7 heteroatoms. The number of likely N-dealkylation sites (tertiary alicyclic amines) is 1. The minimum absolute atomic E-state index is 0.128. The first kappa shape index (κ1) is 21.1. The molecule has 4 fully saturated rings. The Morgan fingerprint density at radius 3 is 2.21 bits per heavy atom. The van der Waals surface area contributed by atoms with Gasteiger partial charge in [0.1, 0.15) is 6.04 Å². The molecule has 0 aromatic heterocycles. The van der Waals surface area contributed by atoms with Crippen LogP contribution in [0.3, 0.4) is 0 Å². The number of carbonyl (C=O) groups is 3. The Labute approximate surface area is 168 Å². The van der Waals surface area contributed by atoms with Crippen LogP contribution >= 0.6 is 0 Å². The summed E-state index contributed by atoms with van der Waals surface area (Å²) in [5, 5.41) is 6.89. The summed E-state index contributed by atoms with van der Waals surface area (Å²) in [7, 11) is 0. The SMILES string of the molecule is C[C@H]1C(=O)N2CCC[C@H]2CN1C(=O)C1CCN(C2CCCCC2)CC1.O=CO. The number of nitrogens with zero attached hydrogens (tertiary/aromatic N) is 3. The summed E-state index contributed by atoms with van der Waals surface area (Å²) in [6, 6.07) is 0.764. The highest BCUT2D eigenvalue weighted by atomic mass is 16.3. The lowest BCUT2D eigenvalue weighted by Crippen LogP contribution is -2.61. The van der Waals surface area contributed by atoms with Crippen LogP contribution in [0.1, 0.15) is 64.7 Å². The van der Waals surface area contributed by atoms with Crippen LogP contribution in [0.5, 0.6) is 0 Å². The molecule has 1 N–H and O–H groups in total. The van der Waals surface area contributed by atoms with Crippen LogP contribution in [0.2, 0.25) is 0 Å². The molecule has 3 saturated heterocycles. The van der Waals surface area contributed by atoms with E-state index in [1.807, 2.05) is 16.7 Å². The zero-order chi connectivity index (χ0) is 20.1. The smallest absolute Gasteiger partial charge is 0.290 e. The van der Waals surface area contributed by atoms with Crippen LogP contribution in [0.25, 0.3) is 0 Å². The number of carboxylic acid groups (broad SMARTS) is 1. The fourth-order valence-electron chi connectivity index (χ4n) is 5.55. The number of hydrogen-bond donors (Lipinski definition) is 1. The first-order valence-electron chi connectivity index (χ1n) is 11.0. The molecule has 0 aromatic carbocycles. The van der Waals surface area contributed by atoms with Crippen molar-refractivity contribution in [2.24, 2.45) is 5.92 Å². The van der Waals surface area contributed by atoms with Gasteiger partial charge in [0.05, 0.1) is 0 Å². The Morgan fingerprint density at radius 1 is 0.964 bits per heavy atom. The number of fused-ring (bicyclic) bond motifs is 1. The van der Waals surface area contributed by atoms with E-state index in [0.717, 1.165) is 57.9 Å². The van der Waals surface area contributed by atoms with Gasteiger partial charge in [-0.05, 0) is 58.5 Å². The fraction of sp³-hybridized carbons (Fsp3) is 0.857. The van der Waals surface area contributed by atoms with E-state index in [9.17, 15) is 9.59 Å². The van der Waals surface area contributed by atoms with E-state index in [-0.39, 0.29) is 36.3 Å². The van der Waals surface area contributed by atoms with Gasteiger partial charge in [-0.2, -0.15) is 0 Å². The minimum atomic E-state index is -0.266. The molecule has 3 aliphatic heterocycles. The molecule has 2 atom stereocenters. The van der Waals surface area contributed by atoms with E-state index in [0.29, 0.717) is 0 Å². The number of amides is 2. The van der Waals surface area contributed by atoms with Crippen molar-refractivity contribution >= 4 is 18.3 Å². The number of hydrogen-bond acceptors (Lipinski definition) is 4. The molecule has 0 spiro atoms. The first-order chi connectivity index (χ1) is 13.6. The van der Waals surface area contributed by atoms with Gasteiger partial charge >= 0.3 is 0 Å². The van der Waals surface area contributed by atoms with Crippen molar-refractivity contribution in [3.05, 3.63) is 0 Å². The van der Waals surface area contributed by atoms with Crippen molar-refractivity contribution in [3.8, 4) is 0 Å². The maximum atomic E-state index is 13.1. The molecule has 1 saturated carbocycles. The fourth-order valence-corrected chi connectivity index (χ4v) is 5.55. The summed E-state index contributed by atoms with van der Waals surface area (Å²) >= 11 is 0. The number of piperidine rings is 1. The average Bonchev–Trinajstić information content (AvgIpc) is 3.20. The lowest BCUT2D eigenvalue weighted by molar-refractivity contribution is -0.155. The minimum Gasteiger partial charge on any atom is -0.483 e. The molecule has 0 unspecified atom stereocenters. The molecular formula is C21H35N3O4. The third-order valence-corrected chi connectivity index (χ3v) is 7.15. The molecule has 0 bridgehead atoms. The normalized spacial score (nSPS) is 29.8. The molecular weight excluding hydrogens is 358 g/mol. The molecule has 1 aliphatic carbocycles. The molecule has 0 radical (unpaired) electrons. The Morgan fingerprint density at radius 2 is 1.57 bits per heavy atom. The zero-order valence-electron chi connectivity index (χ0n) is 17.1. The van der Waals surface area contributed by atoms with E-state index >= 15 is 0 Å². The average molecular weight is 394 g/mol. The summed E-state index contributed by atoms with van der Waals surface area (Å²) in [4.78, 5) is 40.6. The van der Waals surface area contributed by atoms with Gasteiger partial charge in [-0.25, -0.2) is 0 Å². The lowest BCUT2D eigenvalue weighted by Gasteiger charge is -2.44. The number of rotatable bonds is 2. The second-order valence-corrected chi connectivity index (χ2v) is 8.70. The Balaban J connectivity index is 0.000000706. The van der Waals surface area contributed by atoms with E-state index < -0.39 is 0 Å². The van der Waals surface area contributed by atoms with Crippen LogP contribution < -0.4 is 0 Å². The van der Waals surface area contributed by atoms with E-state index in [2.05, 4.69) is 4.90 Å². The highest BCUT2D eigenvalue weighted by Crippen LogP contribution is 2.31. The highest BCUT2D eigenvalue weighted by Gasteiger charge is 2.43. The monoisotopic (exact) mass is 393 g/mol. The van der Waals surface area contributed by atoms with Crippen molar-refractivity contribution in [2.75, 3.05) is 26.2 Å². The van der Waals surface area contributed by atoms with Crippen LogP contribution in [0.4, 0.5) is 0 Å². The van der Waals surface area contributed by atoms with Crippen molar-refractivity contribution in [1.29, 1.82) is 0 Å². The van der Waals surface area contributed by atoms with Crippen LogP contribution in [0.15, 0.2) is 0 Å². The summed E-state index contributed by atoms with van der Waals surface area (Å²) in [6.07, 6.45) is 10.9. The number of piperazine rings is 1. The van der Waals surface area contributed by atoms with Gasteiger partial charge in [0, 0.05) is 31.1 Å². The van der Waals surface area contributed by atoms with Crippen LogP contribution in [-0.2, 0) is 14.4 Å². The van der Waals surface area contributed by atoms with Gasteiger partial charge in [0.2, 0.25) is 11.8 Å². The van der Waals surface area contributed by atoms with Crippen molar-refractivity contribution in [2.45, 2.75) is 82.8 Å². The topological polar surface area (TPSA) is 81.2 Å². The van der Waals surface area contributed by atoms with Gasteiger partial charge in [-0.15, -0.1) is 0 Å². The highest BCUT2D eigenvalue weighted by molar-refractivity contribution is 5.90. The molecule has 3 heterocycles. The quantitative estimate of drug-likeness (QED) is 0.726. The summed E-state index contributed by atoms with van der Waals surface area (Å²) in [5.74, 6) is 0.542. The predicted octanol–water partition coefficient (Wildman–Crippen LogP) is 1.95. The third kappa shape index (κ3) is 4.50. The van der Waals surface area contributed by atoms with Crippen LogP contribution in [0, 0.1) is 5.92 Å². The van der Waals surface area contributed by atoms with Gasteiger partial charge < -0.3 is 19.8 Å². The first-order valence-corrected chi connectivity index (χ1v) is 11.0. The largest absolute Gasteiger partial charge is 0.483 e. The third-order valence-electron chi connectivity index (χ3n) is 7.15. The maximum Gasteiger partial charge on any atom is 0.290 e. The standard InChI is InChI=1S/C20H33N3O2.CH2O2/c1-15-19(24)22-11-5-8-18(22)14-23(15)20(25)16-9-12-21(13-10-16)17-6-3-2-4-7-17;2-1-3/h15-18H,2-14H2,1H3;1H,(H,2,3)/t15-,18-;/m0./s1. The van der Waals surface area contributed by atoms with E-state index in [4.69, 9.17) is 9.90 Å². The molecule has 0 aromatic rings. The zero-order valence-corrected chi connectivity index (χ0v) is 17.1. The van der Waals surface area contributed by atoms with Gasteiger partial charge in [0.25, 0.3) is 6.47 Å². The van der Waals surface area contributed by atoms with Crippen molar-refractivity contribution in [1.82, 2.24) is 14.7 Å². The molecule has 4 rings (SSSR count). The Hall–Kier alpha value is -1.63. The lowest BCUT2D eigenvalue weighted by atomic mass is 9.89. The summed E-state index contributed by atoms with van der Waals surface area (Å²) in [6.45, 7) is 5.44. The van der Waals surface area contributed by atoms with Crippen molar-refractivity contribution in [3.63, 3.8) is 0 Å². The Kier molecular flexibility index (Phi) is 7.32. The molecule has 158 valence electrons.